The van der Waals surface area contributed by atoms with Gasteiger partial charge in [-0.25, -0.2) is 0 Å². The van der Waals surface area contributed by atoms with Crippen molar-refractivity contribution in [2.75, 3.05) is 0 Å². The number of carbonyl (C=O) groups is 1. The Morgan fingerprint density at radius 1 is 1.20 bits per heavy atom. The van der Waals surface area contributed by atoms with E-state index in [1.165, 1.54) is 0 Å². The lowest BCUT2D eigenvalue weighted by Gasteiger charge is -2.11. The van der Waals surface area contributed by atoms with Gasteiger partial charge in [0.15, 0.2) is 0 Å². The van der Waals surface area contributed by atoms with Crippen molar-refractivity contribution in [2.45, 2.75) is 46.7 Å². The molecule has 132 valence electrons. The largest absolute Gasteiger partial charge is 0.348 e. The molecule has 0 aliphatic carbocycles. The standard InChI is InChI=1S/C17H23N7O/c1-10(6-14-7-11(2)19-20-14)18-17(25)16-8-15(21-22-16)9-24-13(4)5-12(3)23-24/h5,7-8,10H,6,9H2,1-4H3,(H,18,25)(H,19,20)(H,21,22)/t10-/m1/s1. The van der Waals surface area contributed by atoms with Crippen LogP contribution < -0.4 is 5.32 Å². The number of aryl methyl sites for hydroxylation is 3. The summed E-state index contributed by atoms with van der Waals surface area (Å²) in [6.45, 7) is 8.42. The van der Waals surface area contributed by atoms with Crippen molar-refractivity contribution in [1.82, 2.24) is 35.5 Å². The normalized spacial score (nSPS) is 12.3. The number of carbonyl (C=O) groups excluding carboxylic acids is 1. The van der Waals surface area contributed by atoms with Gasteiger partial charge in [-0.2, -0.15) is 15.3 Å². The zero-order valence-electron chi connectivity index (χ0n) is 14.9. The van der Waals surface area contributed by atoms with E-state index in [1.54, 1.807) is 6.07 Å². The molecule has 3 aromatic heterocycles. The van der Waals surface area contributed by atoms with Crippen LogP contribution in [0.3, 0.4) is 0 Å². The fourth-order valence-corrected chi connectivity index (χ4v) is 2.80. The molecule has 8 nitrogen and oxygen atoms in total. The third kappa shape index (κ3) is 4.14. The fourth-order valence-electron chi connectivity index (χ4n) is 2.80. The quantitative estimate of drug-likeness (QED) is 0.634. The van der Waals surface area contributed by atoms with E-state index >= 15 is 0 Å². The Morgan fingerprint density at radius 3 is 2.64 bits per heavy atom. The summed E-state index contributed by atoms with van der Waals surface area (Å²) in [5.41, 5.74) is 5.19. The molecule has 0 fully saturated rings. The van der Waals surface area contributed by atoms with Crippen LogP contribution in [0.1, 0.15) is 45.9 Å². The van der Waals surface area contributed by atoms with Gasteiger partial charge in [0.25, 0.3) is 5.91 Å². The maximum Gasteiger partial charge on any atom is 0.271 e. The van der Waals surface area contributed by atoms with Crippen LogP contribution in [0.4, 0.5) is 0 Å². The predicted octanol–water partition coefficient (Wildman–Crippen LogP) is 1.66. The van der Waals surface area contributed by atoms with Crippen molar-refractivity contribution >= 4 is 5.91 Å². The minimum atomic E-state index is -0.198. The van der Waals surface area contributed by atoms with Gasteiger partial charge in [-0.1, -0.05) is 0 Å². The summed E-state index contributed by atoms with van der Waals surface area (Å²) in [5, 5.41) is 21.5. The van der Waals surface area contributed by atoms with Gasteiger partial charge in [0.1, 0.15) is 5.69 Å². The topological polar surface area (TPSA) is 104 Å². The van der Waals surface area contributed by atoms with Crippen molar-refractivity contribution in [1.29, 1.82) is 0 Å². The van der Waals surface area contributed by atoms with Crippen LogP contribution in [0.25, 0.3) is 0 Å². The van der Waals surface area contributed by atoms with E-state index in [0.29, 0.717) is 18.7 Å². The van der Waals surface area contributed by atoms with Crippen molar-refractivity contribution in [2.24, 2.45) is 0 Å². The Bertz CT molecular complexity index is 873. The Kier molecular flexibility index (Phi) is 4.69. The molecule has 0 bridgehead atoms. The number of H-pyrrole nitrogens is 2. The lowest BCUT2D eigenvalue weighted by atomic mass is 10.1. The van der Waals surface area contributed by atoms with E-state index in [0.717, 1.165) is 28.5 Å². The Hall–Kier alpha value is -2.90. The molecule has 1 atom stereocenters. The number of nitrogens with zero attached hydrogens (tertiary/aromatic N) is 4. The monoisotopic (exact) mass is 341 g/mol. The number of aromatic amines is 2. The molecule has 3 N–H and O–H groups in total. The number of hydrogen-bond acceptors (Lipinski definition) is 4. The first-order valence-electron chi connectivity index (χ1n) is 8.28. The van der Waals surface area contributed by atoms with Crippen molar-refractivity contribution < 1.29 is 4.79 Å². The smallest absolute Gasteiger partial charge is 0.271 e. The minimum absolute atomic E-state index is 0.0358. The highest BCUT2D eigenvalue weighted by Crippen LogP contribution is 2.08. The molecular weight excluding hydrogens is 318 g/mol. The summed E-state index contributed by atoms with van der Waals surface area (Å²) in [5.74, 6) is -0.198. The minimum Gasteiger partial charge on any atom is -0.348 e. The van der Waals surface area contributed by atoms with E-state index in [9.17, 15) is 4.79 Å². The molecule has 0 radical (unpaired) electrons. The van der Waals surface area contributed by atoms with Gasteiger partial charge in [-0.3, -0.25) is 19.7 Å². The van der Waals surface area contributed by atoms with Crippen molar-refractivity contribution in [3.05, 3.63) is 52.4 Å². The first-order valence-corrected chi connectivity index (χ1v) is 8.28. The third-order valence-electron chi connectivity index (χ3n) is 3.94. The van der Waals surface area contributed by atoms with Crippen LogP contribution >= 0.6 is 0 Å². The first kappa shape index (κ1) is 16.9. The second-order valence-electron chi connectivity index (χ2n) is 6.48. The number of amides is 1. The van der Waals surface area contributed by atoms with Gasteiger partial charge in [0.2, 0.25) is 0 Å². The molecule has 0 saturated carbocycles. The summed E-state index contributed by atoms with van der Waals surface area (Å²) in [7, 11) is 0. The summed E-state index contributed by atoms with van der Waals surface area (Å²) >= 11 is 0. The lowest BCUT2D eigenvalue weighted by Crippen LogP contribution is -2.34. The molecular formula is C17H23N7O. The van der Waals surface area contributed by atoms with Gasteiger partial charge in [-0.05, 0) is 45.9 Å². The van der Waals surface area contributed by atoms with E-state index < -0.39 is 0 Å². The Labute approximate surface area is 146 Å². The van der Waals surface area contributed by atoms with Crippen molar-refractivity contribution in [3.63, 3.8) is 0 Å². The Balaban J connectivity index is 1.59. The van der Waals surface area contributed by atoms with Gasteiger partial charge in [0.05, 0.1) is 23.6 Å². The van der Waals surface area contributed by atoms with Gasteiger partial charge < -0.3 is 5.32 Å². The number of rotatable bonds is 6. The van der Waals surface area contributed by atoms with E-state index in [1.807, 2.05) is 44.5 Å². The average Bonchev–Trinajstić information content (AvgIpc) is 3.22. The molecule has 0 aliphatic heterocycles. The van der Waals surface area contributed by atoms with Crippen LogP contribution in [0.5, 0.6) is 0 Å². The summed E-state index contributed by atoms with van der Waals surface area (Å²) < 4.78 is 1.88. The molecule has 3 rings (SSSR count). The summed E-state index contributed by atoms with van der Waals surface area (Å²) in [4.78, 5) is 12.3. The highest BCUT2D eigenvalue weighted by atomic mass is 16.2. The zero-order valence-corrected chi connectivity index (χ0v) is 14.9. The average molecular weight is 341 g/mol. The fraction of sp³-hybridized carbons (Fsp3) is 0.412. The van der Waals surface area contributed by atoms with Gasteiger partial charge in [0, 0.05) is 23.9 Å². The third-order valence-corrected chi connectivity index (χ3v) is 3.94. The summed E-state index contributed by atoms with van der Waals surface area (Å²) in [6, 6.07) is 5.72. The van der Waals surface area contributed by atoms with E-state index in [-0.39, 0.29) is 11.9 Å². The maximum absolute atomic E-state index is 12.3. The second kappa shape index (κ2) is 6.92. The highest BCUT2D eigenvalue weighted by molar-refractivity contribution is 5.92. The first-order chi connectivity index (χ1) is 11.9. The van der Waals surface area contributed by atoms with E-state index in [2.05, 4.69) is 30.8 Å². The molecule has 3 aromatic rings. The highest BCUT2D eigenvalue weighted by Gasteiger charge is 2.15. The number of hydrogen-bond donors (Lipinski definition) is 3. The van der Waals surface area contributed by atoms with Crippen LogP contribution in [0.2, 0.25) is 0 Å². The van der Waals surface area contributed by atoms with Crippen molar-refractivity contribution in [3.8, 4) is 0 Å². The molecule has 0 spiro atoms. The molecule has 8 heteroatoms. The molecule has 0 unspecified atom stereocenters. The van der Waals surface area contributed by atoms with E-state index in [4.69, 9.17) is 0 Å². The summed E-state index contributed by atoms with van der Waals surface area (Å²) in [6.07, 6.45) is 0.666. The predicted molar refractivity (Wildman–Crippen MR) is 93.3 cm³/mol. The zero-order chi connectivity index (χ0) is 18.0. The Morgan fingerprint density at radius 2 is 2.00 bits per heavy atom. The number of aromatic nitrogens is 6. The lowest BCUT2D eigenvalue weighted by molar-refractivity contribution is 0.0935. The van der Waals surface area contributed by atoms with Crippen LogP contribution in [-0.2, 0) is 13.0 Å². The van der Waals surface area contributed by atoms with Gasteiger partial charge in [-0.15, -0.1) is 0 Å². The van der Waals surface area contributed by atoms with Crippen LogP contribution in [-0.4, -0.2) is 42.1 Å². The SMILES string of the molecule is Cc1cc(C)n(Cc2cc(C(=O)N[C@H](C)Cc3cc(C)[nH]n3)n[nH]2)n1. The molecule has 25 heavy (non-hydrogen) atoms. The van der Waals surface area contributed by atoms with Gasteiger partial charge >= 0.3 is 0 Å². The van der Waals surface area contributed by atoms with Crippen LogP contribution in [0, 0.1) is 20.8 Å². The molecule has 0 saturated heterocycles. The molecule has 0 aliphatic rings. The number of nitrogens with one attached hydrogen (secondary N) is 3. The molecule has 0 aromatic carbocycles. The van der Waals surface area contributed by atoms with Crippen LogP contribution in [0.15, 0.2) is 18.2 Å². The maximum atomic E-state index is 12.3. The molecule has 3 heterocycles. The molecule has 1 amide bonds. The second-order valence-corrected chi connectivity index (χ2v) is 6.48.